The van der Waals surface area contributed by atoms with Crippen molar-refractivity contribution in [3.05, 3.63) is 35.9 Å². The van der Waals surface area contributed by atoms with Crippen molar-refractivity contribution in [1.82, 2.24) is 0 Å². The highest BCUT2D eigenvalue weighted by molar-refractivity contribution is 5.91. The lowest BCUT2D eigenvalue weighted by molar-refractivity contribution is -0.147. The van der Waals surface area contributed by atoms with Gasteiger partial charge in [-0.15, -0.1) is 12.4 Å². The van der Waals surface area contributed by atoms with Gasteiger partial charge in [-0.1, -0.05) is 30.3 Å². The zero-order valence-electron chi connectivity index (χ0n) is 10.6. The Balaban J connectivity index is 0.00000180. The van der Waals surface area contributed by atoms with Crippen molar-refractivity contribution in [2.45, 2.75) is 31.9 Å². The molecule has 1 fully saturated rings. The van der Waals surface area contributed by atoms with Gasteiger partial charge in [0.25, 0.3) is 0 Å². The fourth-order valence-electron chi connectivity index (χ4n) is 2.17. The first-order chi connectivity index (χ1) is 8.66. The van der Waals surface area contributed by atoms with Crippen molar-refractivity contribution in [1.29, 1.82) is 0 Å². The van der Waals surface area contributed by atoms with Gasteiger partial charge < -0.3 is 10.5 Å². The van der Waals surface area contributed by atoms with Crippen LogP contribution in [-0.4, -0.2) is 17.8 Å². The predicted octanol–water partition coefficient (Wildman–Crippen LogP) is 1.85. The summed E-state index contributed by atoms with van der Waals surface area (Å²) in [4.78, 5) is 23.2. The number of Topliss-reactive ketones (excluding diaryl/α,β-unsaturated/α-hetero) is 1. The second kappa shape index (κ2) is 7.26. The number of rotatable bonds is 4. The number of carbonyl (C=O) groups is 2. The van der Waals surface area contributed by atoms with Gasteiger partial charge in [-0.2, -0.15) is 0 Å². The van der Waals surface area contributed by atoms with E-state index in [2.05, 4.69) is 0 Å². The maximum atomic E-state index is 11.6. The van der Waals surface area contributed by atoms with Crippen molar-refractivity contribution >= 4 is 24.2 Å². The average Bonchev–Trinajstić information content (AvgIpc) is 2.70. The molecule has 5 heteroatoms. The Morgan fingerprint density at radius 3 is 2.53 bits per heavy atom. The van der Waals surface area contributed by atoms with E-state index in [0.29, 0.717) is 12.8 Å². The van der Waals surface area contributed by atoms with Crippen LogP contribution in [0.25, 0.3) is 0 Å². The first kappa shape index (κ1) is 15.7. The molecule has 0 aliphatic heterocycles. The van der Waals surface area contributed by atoms with Crippen LogP contribution >= 0.6 is 12.4 Å². The zero-order chi connectivity index (χ0) is 13.0. The van der Waals surface area contributed by atoms with Crippen LogP contribution in [0.2, 0.25) is 0 Å². The summed E-state index contributed by atoms with van der Waals surface area (Å²) in [7, 11) is 0. The molecular weight excluding hydrogens is 266 g/mol. The fourth-order valence-corrected chi connectivity index (χ4v) is 2.17. The minimum atomic E-state index is -0.392. The maximum absolute atomic E-state index is 11.6. The summed E-state index contributed by atoms with van der Waals surface area (Å²) in [5, 5.41) is 0. The molecule has 0 saturated heterocycles. The lowest BCUT2D eigenvalue weighted by atomic mass is 10.0. The van der Waals surface area contributed by atoms with E-state index >= 15 is 0 Å². The highest BCUT2D eigenvalue weighted by atomic mass is 35.5. The standard InChI is InChI=1S/C14H17NO3.ClH/c15-12-7-6-11(14(12)17)8-13(16)18-9-10-4-2-1-3-5-10;/h1-5,11-12H,6-9,15H2;1H/t11?,12-;/m0./s1. The predicted molar refractivity (Wildman–Crippen MR) is 73.8 cm³/mol. The molecule has 0 spiro atoms. The Labute approximate surface area is 118 Å². The van der Waals surface area contributed by atoms with Gasteiger partial charge in [-0.25, -0.2) is 0 Å². The molecule has 0 aromatic heterocycles. The third-order valence-corrected chi connectivity index (χ3v) is 3.25. The average molecular weight is 284 g/mol. The summed E-state index contributed by atoms with van der Waals surface area (Å²) < 4.78 is 5.14. The summed E-state index contributed by atoms with van der Waals surface area (Å²) in [6, 6.07) is 9.08. The van der Waals surface area contributed by atoms with Gasteiger partial charge in [0.1, 0.15) is 6.61 Å². The third-order valence-electron chi connectivity index (χ3n) is 3.25. The monoisotopic (exact) mass is 283 g/mol. The molecule has 0 bridgehead atoms. The third kappa shape index (κ3) is 4.33. The number of hydrogen-bond acceptors (Lipinski definition) is 4. The molecule has 4 nitrogen and oxygen atoms in total. The molecule has 1 saturated carbocycles. The molecule has 0 amide bonds. The minimum absolute atomic E-state index is 0. The van der Waals surface area contributed by atoms with Gasteiger partial charge in [-0.05, 0) is 18.4 Å². The molecule has 1 aliphatic rings. The van der Waals surface area contributed by atoms with Gasteiger partial charge in [0.05, 0.1) is 12.5 Å². The van der Waals surface area contributed by atoms with Gasteiger partial charge in [0.2, 0.25) is 0 Å². The smallest absolute Gasteiger partial charge is 0.306 e. The van der Waals surface area contributed by atoms with E-state index in [1.54, 1.807) is 0 Å². The van der Waals surface area contributed by atoms with E-state index in [4.69, 9.17) is 10.5 Å². The molecular formula is C14H18ClNO3. The first-order valence-corrected chi connectivity index (χ1v) is 6.15. The number of halogens is 1. The molecule has 1 aromatic rings. The van der Waals surface area contributed by atoms with Crippen LogP contribution in [0.15, 0.2) is 30.3 Å². The summed E-state index contributed by atoms with van der Waals surface area (Å²) in [5.41, 5.74) is 6.55. The van der Waals surface area contributed by atoms with Gasteiger partial charge in [-0.3, -0.25) is 9.59 Å². The summed E-state index contributed by atoms with van der Waals surface area (Å²) >= 11 is 0. The van der Waals surface area contributed by atoms with Crippen LogP contribution in [0.4, 0.5) is 0 Å². The van der Waals surface area contributed by atoms with E-state index in [1.165, 1.54) is 0 Å². The maximum Gasteiger partial charge on any atom is 0.306 e. The SMILES string of the molecule is Cl.N[C@H]1CCC(CC(=O)OCc2ccccc2)C1=O. The first-order valence-electron chi connectivity index (χ1n) is 6.15. The van der Waals surface area contributed by atoms with Crippen molar-refractivity contribution in [3.8, 4) is 0 Å². The fraction of sp³-hybridized carbons (Fsp3) is 0.429. The van der Waals surface area contributed by atoms with Crippen LogP contribution in [0.5, 0.6) is 0 Å². The van der Waals surface area contributed by atoms with E-state index in [9.17, 15) is 9.59 Å². The second-order valence-electron chi connectivity index (χ2n) is 4.63. The lowest BCUT2D eigenvalue weighted by Gasteiger charge is -2.08. The van der Waals surface area contributed by atoms with Crippen molar-refractivity contribution < 1.29 is 14.3 Å². The number of ether oxygens (including phenoxy) is 1. The molecule has 19 heavy (non-hydrogen) atoms. The second-order valence-corrected chi connectivity index (χ2v) is 4.63. The minimum Gasteiger partial charge on any atom is -0.461 e. The van der Waals surface area contributed by atoms with Crippen LogP contribution in [0, 0.1) is 5.92 Å². The topological polar surface area (TPSA) is 69.4 Å². The molecule has 2 rings (SSSR count). The van der Waals surface area contributed by atoms with E-state index < -0.39 is 6.04 Å². The van der Waals surface area contributed by atoms with Crippen LogP contribution in [-0.2, 0) is 20.9 Å². The number of benzene rings is 1. The van der Waals surface area contributed by atoms with E-state index in [0.717, 1.165) is 5.56 Å². The number of esters is 1. The van der Waals surface area contributed by atoms with Gasteiger partial charge >= 0.3 is 5.97 Å². The van der Waals surface area contributed by atoms with E-state index in [-0.39, 0.29) is 43.1 Å². The Kier molecular flexibility index (Phi) is 5.99. The molecule has 2 N–H and O–H groups in total. The molecule has 1 unspecified atom stereocenters. The molecule has 1 aromatic carbocycles. The highest BCUT2D eigenvalue weighted by Gasteiger charge is 2.33. The Bertz CT molecular complexity index is 436. The Hall–Kier alpha value is -1.39. The number of hydrogen-bond donors (Lipinski definition) is 1. The zero-order valence-corrected chi connectivity index (χ0v) is 11.4. The van der Waals surface area contributed by atoms with Gasteiger partial charge in [0.15, 0.2) is 5.78 Å². The molecule has 0 radical (unpaired) electrons. The summed E-state index contributed by atoms with van der Waals surface area (Å²) in [5.74, 6) is -0.582. The number of ketones is 1. The van der Waals surface area contributed by atoms with Crippen molar-refractivity contribution in [2.75, 3.05) is 0 Å². The lowest BCUT2D eigenvalue weighted by Crippen LogP contribution is -2.28. The Morgan fingerprint density at radius 1 is 1.26 bits per heavy atom. The van der Waals surface area contributed by atoms with Crippen molar-refractivity contribution in [3.63, 3.8) is 0 Å². The molecule has 0 heterocycles. The normalized spacial score (nSPS) is 21.8. The molecule has 2 atom stereocenters. The quantitative estimate of drug-likeness (QED) is 0.856. The van der Waals surface area contributed by atoms with Gasteiger partial charge in [0, 0.05) is 5.92 Å². The highest BCUT2D eigenvalue weighted by Crippen LogP contribution is 2.24. The summed E-state index contributed by atoms with van der Waals surface area (Å²) in [6.07, 6.45) is 1.52. The summed E-state index contributed by atoms with van der Waals surface area (Å²) in [6.45, 7) is 0.257. The molecule has 1 aliphatic carbocycles. The Morgan fingerprint density at radius 2 is 1.95 bits per heavy atom. The largest absolute Gasteiger partial charge is 0.461 e. The van der Waals surface area contributed by atoms with E-state index in [1.807, 2.05) is 30.3 Å². The van der Waals surface area contributed by atoms with Crippen LogP contribution < -0.4 is 5.73 Å². The molecule has 104 valence electrons. The number of nitrogens with two attached hydrogens (primary N) is 1. The number of carbonyl (C=O) groups excluding carboxylic acids is 2. The van der Waals surface area contributed by atoms with Crippen molar-refractivity contribution in [2.24, 2.45) is 11.7 Å². The van der Waals surface area contributed by atoms with Crippen LogP contribution in [0.3, 0.4) is 0 Å². The van der Waals surface area contributed by atoms with Crippen LogP contribution in [0.1, 0.15) is 24.8 Å².